The molecule has 0 spiro atoms. The molecule has 16 heavy (non-hydrogen) atoms. The summed E-state index contributed by atoms with van der Waals surface area (Å²) in [5, 5.41) is 8.70. The molecular weight excluding hydrogens is 202 g/mol. The van der Waals surface area contributed by atoms with Gasteiger partial charge in [0.1, 0.15) is 0 Å². The molecule has 0 N–H and O–H groups in total. The predicted octanol–water partition coefficient (Wildman–Crippen LogP) is 2.56. The number of allylic oxidation sites excluding steroid dienone is 2. The van der Waals surface area contributed by atoms with Crippen molar-refractivity contribution in [3.05, 3.63) is 29.3 Å². The normalized spacial score (nSPS) is 15.7. The number of hydrogen-bond acceptors (Lipinski definition) is 3. The summed E-state index contributed by atoms with van der Waals surface area (Å²) in [4.78, 5) is 0. The molecule has 0 heterocycles. The summed E-state index contributed by atoms with van der Waals surface area (Å²) >= 11 is 0. The van der Waals surface area contributed by atoms with Crippen molar-refractivity contribution in [2.45, 2.75) is 12.8 Å². The first-order chi connectivity index (χ1) is 7.80. The van der Waals surface area contributed by atoms with E-state index in [1.807, 2.05) is 12.1 Å². The van der Waals surface area contributed by atoms with Crippen LogP contribution in [-0.2, 0) is 6.42 Å². The highest BCUT2D eigenvalue weighted by molar-refractivity contribution is 5.76. The fourth-order valence-corrected chi connectivity index (χ4v) is 2.06. The first-order valence-electron chi connectivity index (χ1n) is 5.14. The van der Waals surface area contributed by atoms with Crippen molar-refractivity contribution in [1.82, 2.24) is 0 Å². The standard InChI is InChI=1S/C13H13NO2/c1-15-12-7-10-4-3-9(5-6-14)11(10)8-13(12)16-2/h5,7-8H,3-4H2,1-2H3/b9-5+. The molecule has 0 fully saturated rings. The second-order valence-electron chi connectivity index (χ2n) is 3.66. The van der Waals surface area contributed by atoms with E-state index >= 15 is 0 Å². The average molecular weight is 215 g/mol. The Labute approximate surface area is 94.9 Å². The molecule has 2 rings (SSSR count). The van der Waals surface area contributed by atoms with E-state index in [1.165, 1.54) is 5.56 Å². The van der Waals surface area contributed by atoms with Gasteiger partial charge in [0.2, 0.25) is 0 Å². The molecule has 1 aliphatic rings. The van der Waals surface area contributed by atoms with Crippen LogP contribution in [0.3, 0.4) is 0 Å². The van der Waals surface area contributed by atoms with Crippen molar-refractivity contribution in [2.75, 3.05) is 14.2 Å². The highest BCUT2D eigenvalue weighted by Gasteiger charge is 2.19. The van der Waals surface area contributed by atoms with Gasteiger partial charge in [-0.05, 0) is 41.7 Å². The molecular formula is C13H13NO2. The summed E-state index contributed by atoms with van der Waals surface area (Å²) < 4.78 is 10.5. The van der Waals surface area contributed by atoms with E-state index in [1.54, 1.807) is 20.3 Å². The van der Waals surface area contributed by atoms with Crippen LogP contribution in [0, 0.1) is 11.3 Å². The molecule has 0 aromatic heterocycles. The Balaban J connectivity index is 2.53. The lowest BCUT2D eigenvalue weighted by Crippen LogP contribution is -1.93. The molecule has 0 bridgehead atoms. The lowest BCUT2D eigenvalue weighted by atomic mass is 10.1. The summed E-state index contributed by atoms with van der Waals surface area (Å²) in [5.41, 5.74) is 3.41. The molecule has 0 amide bonds. The maximum atomic E-state index is 8.70. The third kappa shape index (κ3) is 1.63. The van der Waals surface area contributed by atoms with Crippen molar-refractivity contribution in [3.63, 3.8) is 0 Å². The van der Waals surface area contributed by atoms with Crippen molar-refractivity contribution in [3.8, 4) is 17.6 Å². The molecule has 0 saturated carbocycles. The molecule has 3 heteroatoms. The molecule has 82 valence electrons. The number of ether oxygens (including phenoxy) is 2. The molecule has 0 aliphatic heterocycles. The Morgan fingerprint density at radius 1 is 1.19 bits per heavy atom. The van der Waals surface area contributed by atoms with Crippen LogP contribution >= 0.6 is 0 Å². The van der Waals surface area contributed by atoms with Crippen LogP contribution in [0.5, 0.6) is 11.5 Å². The first kappa shape index (κ1) is 10.6. The van der Waals surface area contributed by atoms with Gasteiger partial charge in [0, 0.05) is 6.08 Å². The number of fused-ring (bicyclic) bond motifs is 1. The summed E-state index contributed by atoms with van der Waals surface area (Å²) in [6.07, 6.45) is 3.49. The van der Waals surface area contributed by atoms with Crippen molar-refractivity contribution in [1.29, 1.82) is 5.26 Å². The number of rotatable bonds is 2. The van der Waals surface area contributed by atoms with Crippen LogP contribution in [0.4, 0.5) is 0 Å². The van der Waals surface area contributed by atoms with Crippen LogP contribution in [0.1, 0.15) is 17.5 Å². The zero-order valence-electron chi connectivity index (χ0n) is 9.41. The van der Waals surface area contributed by atoms with E-state index in [4.69, 9.17) is 14.7 Å². The Kier molecular flexibility index (Phi) is 2.82. The van der Waals surface area contributed by atoms with E-state index in [0.717, 1.165) is 29.7 Å². The van der Waals surface area contributed by atoms with Crippen LogP contribution in [-0.4, -0.2) is 14.2 Å². The van der Waals surface area contributed by atoms with Gasteiger partial charge in [-0.2, -0.15) is 5.26 Å². The van der Waals surface area contributed by atoms with Gasteiger partial charge >= 0.3 is 0 Å². The first-order valence-corrected chi connectivity index (χ1v) is 5.14. The average Bonchev–Trinajstić information content (AvgIpc) is 2.70. The van der Waals surface area contributed by atoms with E-state index in [9.17, 15) is 0 Å². The van der Waals surface area contributed by atoms with Gasteiger partial charge in [-0.25, -0.2) is 0 Å². The van der Waals surface area contributed by atoms with Crippen LogP contribution in [0.2, 0.25) is 0 Å². The summed E-state index contributed by atoms with van der Waals surface area (Å²) in [7, 11) is 3.25. The second-order valence-corrected chi connectivity index (χ2v) is 3.66. The summed E-state index contributed by atoms with van der Waals surface area (Å²) in [5.74, 6) is 1.46. The van der Waals surface area contributed by atoms with E-state index < -0.39 is 0 Å². The van der Waals surface area contributed by atoms with Crippen LogP contribution in [0.25, 0.3) is 5.57 Å². The van der Waals surface area contributed by atoms with Crippen molar-refractivity contribution < 1.29 is 9.47 Å². The quantitative estimate of drug-likeness (QED) is 0.712. The van der Waals surface area contributed by atoms with Gasteiger partial charge in [0.05, 0.1) is 20.3 Å². The third-order valence-electron chi connectivity index (χ3n) is 2.86. The molecule has 1 aromatic carbocycles. The number of aryl methyl sites for hydroxylation is 1. The molecule has 0 unspecified atom stereocenters. The minimum atomic E-state index is 0.715. The molecule has 0 saturated heterocycles. The van der Waals surface area contributed by atoms with E-state index in [2.05, 4.69) is 6.07 Å². The largest absolute Gasteiger partial charge is 0.493 e. The minimum absolute atomic E-state index is 0.715. The maximum Gasteiger partial charge on any atom is 0.161 e. The van der Waals surface area contributed by atoms with E-state index in [-0.39, 0.29) is 0 Å². The Bertz CT molecular complexity index is 483. The van der Waals surface area contributed by atoms with Crippen molar-refractivity contribution in [2.24, 2.45) is 0 Å². The maximum absolute atomic E-state index is 8.70. The predicted molar refractivity (Wildman–Crippen MR) is 61.5 cm³/mol. The fourth-order valence-electron chi connectivity index (χ4n) is 2.06. The second kappa shape index (κ2) is 4.28. The highest BCUT2D eigenvalue weighted by Crippen LogP contribution is 2.39. The SMILES string of the molecule is COc1cc2c(cc1OC)/C(=C/C#N)CC2. The lowest BCUT2D eigenvalue weighted by molar-refractivity contribution is 0.354. The van der Waals surface area contributed by atoms with Gasteiger partial charge in [0.15, 0.2) is 11.5 Å². The van der Waals surface area contributed by atoms with Crippen LogP contribution < -0.4 is 9.47 Å². The Hall–Kier alpha value is -1.95. The number of benzene rings is 1. The smallest absolute Gasteiger partial charge is 0.161 e. The zero-order valence-corrected chi connectivity index (χ0v) is 9.41. The number of nitriles is 1. The molecule has 0 radical (unpaired) electrons. The van der Waals surface area contributed by atoms with Crippen molar-refractivity contribution >= 4 is 5.57 Å². The monoisotopic (exact) mass is 215 g/mol. The van der Waals surface area contributed by atoms with E-state index in [0.29, 0.717) is 5.75 Å². The topological polar surface area (TPSA) is 42.2 Å². The van der Waals surface area contributed by atoms with Gasteiger partial charge < -0.3 is 9.47 Å². The van der Waals surface area contributed by atoms with Gasteiger partial charge in [-0.1, -0.05) is 0 Å². The summed E-state index contributed by atoms with van der Waals surface area (Å²) in [6, 6.07) is 6.02. The molecule has 3 nitrogen and oxygen atoms in total. The molecule has 1 aliphatic carbocycles. The molecule has 1 aromatic rings. The minimum Gasteiger partial charge on any atom is -0.493 e. The number of hydrogen-bond donors (Lipinski definition) is 0. The van der Waals surface area contributed by atoms with Crippen LogP contribution in [0.15, 0.2) is 18.2 Å². The molecule has 0 atom stereocenters. The Morgan fingerprint density at radius 3 is 2.50 bits per heavy atom. The fraction of sp³-hybridized carbons (Fsp3) is 0.308. The zero-order chi connectivity index (χ0) is 11.5. The highest BCUT2D eigenvalue weighted by atomic mass is 16.5. The van der Waals surface area contributed by atoms with Gasteiger partial charge in [0.25, 0.3) is 0 Å². The third-order valence-corrected chi connectivity index (χ3v) is 2.86. The lowest BCUT2D eigenvalue weighted by Gasteiger charge is -2.10. The number of methoxy groups -OCH3 is 2. The van der Waals surface area contributed by atoms with Gasteiger partial charge in [-0.3, -0.25) is 0 Å². The van der Waals surface area contributed by atoms with Gasteiger partial charge in [-0.15, -0.1) is 0 Å². The Morgan fingerprint density at radius 2 is 1.88 bits per heavy atom. The summed E-state index contributed by atoms with van der Waals surface area (Å²) in [6.45, 7) is 0. The number of nitrogens with zero attached hydrogens (tertiary/aromatic N) is 1.